The van der Waals surface area contributed by atoms with E-state index in [0.717, 1.165) is 4.90 Å². The summed E-state index contributed by atoms with van der Waals surface area (Å²) in [4.78, 5) is 104. The molecule has 4 aliphatic heterocycles. The monoisotopic (exact) mass is 887 g/mol. The van der Waals surface area contributed by atoms with E-state index in [9.17, 15) is 38.4 Å². The molecule has 2 aromatic rings. The highest BCUT2D eigenvalue weighted by molar-refractivity contribution is 6.39. The number of ether oxygens (including phenoxy) is 3. The number of likely N-dealkylation sites (tertiary alicyclic amines) is 1. The number of imide groups is 2. The Bertz CT molecular complexity index is 2000. The predicted octanol–water partition coefficient (Wildman–Crippen LogP) is -1.11. The Hall–Kier alpha value is -5.22. The number of nitrogens with one attached hydrogen (secondary N) is 7. The molecule has 6 rings (SSSR count). The van der Waals surface area contributed by atoms with Crippen molar-refractivity contribution in [2.24, 2.45) is 0 Å². The van der Waals surface area contributed by atoms with Gasteiger partial charge in [-0.3, -0.25) is 58.9 Å². The highest BCUT2D eigenvalue weighted by atomic mass is 35.5. The van der Waals surface area contributed by atoms with Gasteiger partial charge in [0.15, 0.2) is 6.61 Å². The van der Waals surface area contributed by atoms with Gasteiger partial charge in [0.1, 0.15) is 17.8 Å². The lowest BCUT2D eigenvalue weighted by molar-refractivity contribution is -0.136. The van der Waals surface area contributed by atoms with E-state index in [0.29, 0.717) is 39.0 Å². The van der Waals surface area contributed by atoms with Crippen molar-refractivity contribution < 1.29 is 52.6 Å². The molecule has 0 bridgehead atoms. The van der Waals surface area contributed by atoms with E-state index in [-0.39, 0.29) is 103 Å². The Labute approximate surface area is 360 Å². The van der Waals surface area contributed by atoms with E-state index in [1.165, 1.54) is 18.2 Å². The zero-order chi connectivity index (χ0) is 43.5. The average Bonchev–Trinajstić information content (AvgIpc) is 3.79. The van der Waals surface area contributed by atoms with Gasteiger partial charge < -0.3 is 35.5 Å². The lowest BCUT2D eigenvalue weighted by atomic mass is 10.0. The number of nitrogens with zero attached hydrogens (tertiary/aromatic N) is 2. The standard InChI is InChI=1S/C39H47Cl2N9O11/c40-24-4-2-5-25(41)33(24)36(55)46-26-19-44-48-34(26)37(56)45-22-9-13-49(14-10-22)20-30(52)42-11-15-59-17-18-60-16-12-43-31(53)21-61-28-6-1-3-23-32(28)39(58)50(38(23)57)27-7-8-29(51)47-35(27)54/h1-6,22,26-27,34,44,48H,7-21H2,(H,42,52)(H,43,53)(H,45,56)(H,46,55)(H,47,51,54). The van der Waals surface area contributed by atoms with E-state index in [1.807, 2.05) is 4.90 Å². The van der Waals surface area contributed by atoms with Crippen molar-refractivity contribution in [3.8, 4) is 5.75 Å². The average molecular weight is 889 g/mol. The van der Waals surface area contributed by atoms with E-state index in [4.69, 9.17) is 37.4 Å². The molecule has 20 nitrogen and oxygen atoms in total. The van der Waals surface area contributed by atoms with Crippen molar-refractivity contribution in [1.29, 1.82) is 0 Å². The van der Waals surface area contributed by atoms with Crippen LogP contribution >= 0.6 is 23.2 Å². The van der Waals surface area contributed by atoms with Crippen LogP contribution in [0.2, 0.25) is 10.0 Å². The van der Waals surface area contributed by atoms with E-state index < -0.39 is 60.2 Å². The molecule has 4 aliphatic rings. The van der Waals surface area contributed by atoms with Crippen LogP contribution in [0.25, 0.3) is 0 Å². The first-order valence-electron chi connectivity index (χ1n) is 19.8. The Kier molecular flexibility index (Phi) is 16.0. The van der Waals surface area contributed by atoms with E-state index in [1.54, 1.807) is 18.2 Å². The van der Waals surface area contributed by atoms with Crippen molar-refractivity contribution in [2.75, 3.05) is 72.3 Å². The van der Waals surface area contributed by atoms with Crippen LogP contribution in [0.4, 0.5) is 0 Å². The van der Waals surface area contributed by atoms with E-state index in [2.05, 4.69) is 37.4 Å². The Morgan fingerprint density at radius 2 is 1.48 bits per heavy atom. The summed E-state index contributed by atoms with van der Waals surface area (Å²) in [5.74, 6) is -3.96. The molecule has 7 N–H and O–H groups in total. The first-order valence-corrected chi connectivity index (χ1v) is 20.6. The number of carbonyl (C=O) groups excluding carboxylic acids is 8. The minimum absolute atomic E-state index is 0.00517. The fourth-order valence-electron chi connectivity index (χ4n) is 7.27. The lowest BCUT2D eigenvalue weighted by Crippen LogP contribution is -2.56. The lowest BCUT2D eigenvalue weighted by Gasteiger charge is -2.32. The number of hydrogen-bond donors (Lipinski definition) is 7. The van der Waals surface area contributed by atoms with Crippen LogP contribution in [0.1, 0.15) is 56.8 Å². The van der Waals surface area contributed by atoms with Gasteiger partial charge in [0.2, 0.25) is 23.6 Å². The number of piperidine rings is 2. The maximum Gasteiger partial charge on any atom is 0.266 e. The maximum absolute atomic E-state index is 13.2. The first kappa shape index (κ1) is 45.3. The normalized spacial score (nSPS) is 20.6. The second-order valence-corrected chi connectivity index (χ2v) is 15.4. The van der Waals surface area contributed by atoms with Crippen molar-refractivity contribution in [3.63, 3.8) is 0 Å². The molecule has 0 radical (unpaired) electrons. The Morgan fingerprint density at radius 3 is 2.16 bits per heavy atom. The number of benzene rings is 2. The van der Waals surface area contributed by atoms with Crippen molar-refractivity contribution in [3.05, 3.63) is 63.1 Å². The molecule has 0 aliphatic carbocycles. The zero-order valence-electron chi connectivity index (χ0n) is 33.0. The third kappa shape index (κ3) is 11.8. The van der Waals surface area contributed by atoms with Gasteiger partial charge in [-0.25, -0.2) is 5.43 Å². The fraction of sp³-hybridized carbons (Fsp3) is 0.487. The molecule has 3 unspecified atom stereocenters. The molecule has 22 heteroatoms. The number of hydrogen-bond acceptors (Lipinski definition) is 14. The summed E-state index contributed by atoms with van der Waals surface area (Å²) in [6.45, 7) is 2.80. The van der Waals surface area contributed by atoms with Gasteiger partial charge in [0.25, 0.3) is 23.6 Å². The van der Waals surface area contributed by atoms with Gasteiger partial charge >= 0.3 is 0 Å². The fourth-order valence-corrected chi connectivity index (χ4v) is 7.84. The number of carbonyl (C=O) groups is 8. The molecule has 328 valence electrons. The third-order valence-electron chi connectivity index (χ3n) is 10.4. The molecule has 3 fully saturated rings. The van der Waals surface area contributed by atoms with Crippen LogP contribution in [-0.2, 0) is 33.4 Å². The van der Waals surface area contributed by atoms with Crippen LogP contribution in [0, 0.1) is 0 Å². The quantitative estimate of drug-likeness (QED) is 0.0653. The molecule has 4 heterocycles. The predicted molar refractivity (Wildman–Crippen MR) is 217 cm³/mol. The summed E-state index contributed by atoms with van der Waals surface area (Å²) in [7, 11) is 0. The van der Waals surface area contributed by atoms with Gasteiger partial charge in [-0.15, -0.1) is 0 Å². The molecule has 61 heavy (non-hydrogen) atoms. The number of fused-ring (bicyclic) bond motifs is 1. The van der Waals surface area contributed by atoms with Crippen molar-refractivity contribution >= 4 is 70.5 Å². The Morgan fingerprint density at radius 1 is 0.803 bits per heavy atom. The van der Waals surface area contributed by atoms with Gasteiger partial charge in [-0.2, -0.15) is 0 Å². The van der Waals surface area contributed by atoms with E-state index >= 15 is 0 Å². The van der Waals surface area contributed by atoms with Gasteiger partial charge in [0.05, 0.1) is 65.7 Å². The SMILES string of the molecule is O=C(COc1cccc2c1C(=O)N(C1CCC(=O)NC1=O)C2=O)NCCOCCOCCNC(=O)CN1CCC(NC(=O)C2NNCC2NC(=O)c2c(Cl)cccc2Cl)CC1. The number of hydrazine groups is 1. The molecule has 0 aromatic heterocycles. The largest absolute Gasteiger partial charge is 0.483 e. The summed E-state index contributed by atoms with van der Waals surface area (Å²) < 4.78 is 16.6. The smallest absolute Gasteiger partial charge is 0.266 e. The summed E-state index contributed by atoms with van der Waals surface area (Å²) >= 11 is 12.3. The van der Waals surface area contributed by atoms with Crippen LogP contribution in [0.3, 0.4) is 0 Å². The Balaban J connectivity index is 0.772. The van der Waals surface area contributed by atoms with Crippen molar-refractivity contribution in [2.45, 2.75) is 49.9 Å². The second kappa shape index (κ2) is 21.5. The maximum atomic E-state index is 13.2. The minimum atomic E-state index is -1.12. The molecule has 2 aromatic carbocycles. The first-order chi connectivity index (χ1) is 29.4. The zero-order valence-corrected chi connectivity index (χ0v) is 34.5. The molecular weight excluding hydrogens is 841 g/mol. The molecule has 0 saturated carbocycles. The molecule has 3 atom stereocenters. The number of rotatable bonds is 19. The number of halogens is 2. The summed E-state index contributed by atoms with van der Waals surface area (Å²) in [5, 5.41) is 13.9. The third-order valence-corrected chi connectivity index (χ3v) is 11.0. The highest BCUT2D eigenvalue weighted by Gasteiger charge is 2.46. The van der Waals surface area contributed by atoms with Gasteiger partial charge in [-0.05, 0) is 43.5 Å². The molecule has 3 saturated heterocycles. The minimum Gasteiger partial charge on any atom is -0.483 e. The molecule has 0 spiro atoms. The van der Waals surface area contributed by atoms with Gasteiger partial charge in [0, 0.05) is 45.2 Å². The second-order valence-electron chi connectivity index (χ2n) is 14.6. The molecule has 8 amide bonds. The summed E-state index contributed by atoms with van der Waals surface area (Å²) in [6.07, 6.45) is 1.32. The highest BCUT2D eigenvalue weighted by Crippen LogP contribution is 2.33. The van der Waals surface area contributed by atoms with Crippen LogP contribution < -0.4 is 42.2 Å². The van der Waals surface area contributed by atoms with Gasteiger partial charge in [-0.1, -0.05) is 35.3 Å². The summed E-state index contributed by atoms with van der Waals surface area (Å²) in [6, 6.07) is 6.72. The van der Waals surface area contributed by atoms with Crippen LogP contribution in [0.15, 0.2) is 36.4 Å². The topological polar surface area (TPSA) is 255 Å². The number of amides is 8. The van der Waals surface area contributed by atoms with Crippen LogP contribution in [-0.4, -0.2) is 154 Å². The molecular formula is C39H47Cl2N9O11. The van der Waals surface area contributed by atoms with Crippen molar-refractivity contribution in [1.82, 2.24) is 47.2 Å². The summed E-state index contributed by atoms with van der Waals surface area (Å²) in [5.41, 5.74) is 5.98. The van der Waals surface area contributed by atoms with Crippen LogP contribution in [0.5, 0.6) is 5.75 Å².